The third kappa shape index (κ3) is 13.0. The smallest absolute Gasteiger partial charge is 0.166 e. The maximum Gasteiger partial charge on any atom is 0.166 e. The van der Waals surface area contributed by atoms with E-state index in [1.54, 1.807) is 0 Å². The van der Waals surface area contributed by atoms with E-state index in [1.807, 2.05) is 0 Å². The van der Waals surface area contributed by atoms with Gasteiger partial charge in [0.15, 0.2) is 34.9 Å². The molecular weight excluding hydrogens is 1020 g/mol. The minimum absolute atomic E-state index is 0.0947. The Balaban J connectivity index is 1.31. The number of hydrogen-bond acceptors (Lipinski definition) is 6. The maximum absolute atomic E-state index is 5.68. The van der Waals surface area contributed by atoms with Crippen molar-refractivity contribution in [2.45, 2.75) is 190 Å². The van der Waals surface area contributed by atoms with Gasteiger partial charge in [0, 0.05) is 44.2 Å². The lowest BCUT2D eigenvalue weighted by Gasteiger charge is -2.22. The Bertz CT molecular complexity index is 3890. The summed E-state index contributed by atoms with van der Waals surface area (Å²) in [6.45, 7) is 36.4. The van der Waals surface area contributed by atoms with Crippen LogP contribution >= 0.6 is 0 Å². The van der Waals surface area contributed by atoms with Crippen molar-refractivity contribution < 1.29 is 0 Å². The molecule has 0 N–H and O–H groups in total. The SMILES string of the molecule is CCCCc1cc(-c2nc(-c3cc(CCCC)cc(C(C)(C)C)c3)nc(-c3ccc(-n4c5ccccc5c5ccccc54)c(-c4nc(-c5cc(C)cc(C(C)(C)C)c5)nc(-c5cc(CCCC)cc(C(C)(C)C)c5)n4)c3)n2)cc(C(C)(C)C)c1. The average Bonchev–Trinajstić information content (AvgIpc) is 2.13. The van der Waals surface area contributed by atoms with Crippen molar-refractivity contribution in [1.29, 1.82) is 0 Å². The standard InChI is InChI=1S/C77H89N7/c1-17-20-27-50-38-55(45-59(41-50)75(8,9)10)70-78-68(79-71(81-70)56-39-51(28-21-18-2)42-60(46-56)76(11,12)13)53-34-35-67(84-65-32-25-23-30-62(65)63-31-24-26-33-66(63)84)64(48-53)73-82-69(54-36-49(4)37-58(44-54)74(5,6)7)80-72(83-73)57-40-52(29-22-19-3)43-61(47-57)77(14,15)16/h23-26,30-48H,17-22,27-29H2,1-16H3. The van der Waals surface area contributed by atoms with Gasteiger partial charge in [0.25, 0.3) is 0 Å². The van der Waals surface area contributed by atoms with Crippen molar-refractivity contribution in [3.05, 3.63) is 184 Å². The predicted molar refractivity (Wildman–Crippen MR) is 356 cm³/mol. The minimum atomic E-state index is -0.107. The number of benzene rings is 7. The Morgan fingerprint density at radius 2 is 0.667 bits per heavy atom. The summed E-state index contributed by atoms with van der Waals surface area (Å²) >= 11 is 0. The lowest BCUT2D eigenvalue weighted by Crippen LogP contribution is -2.13. The van der Waals surface area contributed by atoms with E-state index in [-0.39, 0.29) is 21.7 Å². The molecule has 0 radical (unpaired) electrons. The van der Waals surface area contributed by atoms with Crippen LogP contribution in [-0.4, -0.2) is 34.5 Å². The van der Waals surface area contributed by atoms with Crippen LogP contribution in [0.4, 0.5) is 0 Å². The van der Waals surface area contributed by atoms with Crippen molar-refractivity contribution in [3.63, 3.8) is 0 Å². The molecule has 7 heteroatoms. The van der Waals surface area contributed by atoms with E-state index < -0.39 is 0 Å². The Labute approximate surface area is 502 Å². The number of hydrogen-bond donors (Lipinski definition) is 0. The van der Waals surface area contributed by atoms with Gasteiger partial charge in [-0.15, -0.1) is 0 Å². The molecule has 0 aliphatic heterocycles. The number of rotatable bonds is 16. The van der Waals surface area contributed by atoms with Gasteiger partial charge in [-0.3, -0.25) is 0 Å². The third-order valence-electron chi connectivity index (χ3n) is 16.6. The van der Waals surface area contributed by atoms with E-state index in [4.69, 9.17) is 29.9 Å². The number of aryl methyl sites for hydroxylation is 4. The third-order valence-corrected chi connectivity index (χ3v) is 16.6. The number of para-hydroxylation sites is 2. The number of fused-ring (bicyclic) bond motifs is 3. The molecular formula is C77H89N7. The molecule has 0 fully saturated rings. The van der Waals surface area contributed by atoms with Crippen molar-refractivity contribution in [2.24, 2.45) is 0 Å². The number of unbranched alkanes of at least 4 members (excludes halogenated alkanes) is 3. The molecule has 0 unspecified atom stereocenters. The van der Waals surface area contributed by atoms with Gasteiger partial charge in [-0.25, -0.2) is 29.9 Å². The molecule has 0 saturated heterocycles. The highest BCUT2D eigenvalue weighted by Gasteiger charge is 2.26. The summed E-state index contributed by atoms with van der Waals surface area (Å²) in [5.74, 6) is 3.71. The molecule has 0 bridgehead atoms. The van der Waals surface area contributed by atoms with Gasteiger partial charge in [-0.1, -0.05) is 189 Å². The van der Waals surface area contributed by atoms with E-state index in [0.717, 1.165) is 113 Å². The second-order valence-corrected chi connectivity index (χ2v) is 27.9. The van der Waals surface area contributed by atoms with E-state index in [1.165, 1.54) is 49.7 Å². The first kappa shape index (κ1) is 59.5. The average molecular weight is 1110 g/mol. The van der Waals surface area contributed by atoms with Gasteiger partial charge in [0.2, 0.25) is 0 Å². The van der Waals surface area contributed by atoms with Crippen LogP contribution in [0.2, 0.25) is 0 Å². The van der Waals surface area contributed by atoms with Crippen molar-refractivity contribution in [3.8, 4) is 74.0 Å². The van der Waals surface area contributed by atoms with Crippen molar-refractivity contribution >= 4 is 21.8 Å². The molecule has 7 nitrogen and oxygen atoms in total. The second-order valence-electron chi connectivity index (χ2n) is 27.9. The minimum Gasteiger partial charge on any atom is -0.309 e. The summed E-state index contributed by atoms with van der Waals surface area (Å²) in [7, 11) is 0. The molecule has 0 aliphatic rings. The first-order chi connectivity index (χ1) is 39.9. The Morgan fingerprint density at radius 3 is 1.04 bits per heavy atom. The zero-order valence-electron chi connectivity index (χ0n) is 53.3. The van der Waals surface area contributed by atoms with Crippen LogP contribution in [0.5, 0.6) is 0 Å². The molecule has 7 aromatic carbocycles. The monoisotopic (exact) mass is 1110 g/mol. The Kier molecular flexibility index (Phi) is 16.9. The zero-order chi connectivity index (χ0) is 59.9. The first-order valence-corrected chi connectivity index (χ1v) is 31.1. The first-order valence-electron chi connectivity index (χ1n) is 31.1. The predicted octanol–water partition coefficient (Wildman–Crippen LogP) is 20.7. The van der Waals surface area contributed by atoms with Crippen molar-refractivity contribution in [2.75, 3.05) is 0 Å². The van der Waals surface area contributed by atoms with Gasteiger partial charge >= 0.3 is 0 Å². The fourth-order valence-electron chi connectivity index (χ4n) is 11.4. The number of aromatic nitrogens is 7. The molecule has 432 valence electrons. The summed E-state index contributed by atoms with van der Waals surface area (Å²) < 4.78 is 2.39. The maximum atomic E-state index is 5.68. The summed E-state index contributed by atoms with van der Waals surface area (Å²) in [5.41, 5.74) is 18.4. The quantitative estimate of drug-likeness (QED) is 0.0959. The lowest BCUT2D eigenvalue weighted by molar-refractivity contribution is 0.588. The van der Waals surface area contributed by atoms with Gasteiger partial charge in [0.05, 0.1) is 16.7 Å². The summed E-state index contributed by atoms with van der Waals surface area (Å²) in [6, 6.07) is 51.9. The fourth-order valence-corrected chi connectivity index (χ4v) is 11.4. The molecule has 3 heterocycles. The van der Waals surface area contributed by atoms with Crippen LogP contribution in [-0.2, 0) is 40.9 Å². The Hall–Kier alpha value is -7.64. The number of nitrogens with zero attached hydrogens (tertiary/aromatic N) is 7. The molecule has 10 rings (SSSR count). The van der Waals surface area contributed by atoms with E-state index in [0.29, 0.717) is 34.9 Å². The van der Waals surface area contributed by atoms with Crippen LogP contribution in [0.15, 0.2) is 140 Å². The lowest BCUT2D eigenvalue weighted by atomic mass is 9.84. The van der Waals surface area contributed by atoms with Crippen LogP contribution in [0.3, 0.4) is 0 Å². The van der Waals surface area contributed by atoms with Gasteiger partial charge < -0.3 is 4.57 Å². The molecule has 0 aliphatic carbocycles. The van der Waals surface area contributed by atoms with Gasteiger partial charge in [-0.2, -0.15) is 0 Å². The molecule has 0 saturated carbocycles. The summed E-state index contributed by atoms with van der Waals surface area (Å²) in [6.07, 6.45) is 9.58. The van der Waals surface area contributed by atoms with Gasteiger partial charge in [-0.05, 0) is 185 Å². The molecule has 0 spiro atoms. The second kappa shape index (κ2) is 23.8. The molecule has 0 atom stereocenters. The fraction of sp³-hybridized carbons (Fsp3) is 0.377. The zero-order valence-corrected chi connectivity index (χ0v) is 53.3. The van der Waals surface area contributed by atoms with E-state index in [2.05, 4.69) is 255 Å². The largest absolute Gasteiger partial charge is 0.309 e. The van der Waals surface area contributed by atoms with Gasteiger partial charge in [0.1, 0.15) is 0 Å². The highest BCUT2D eigenvalue weighted by molar-refractivity contribution is 6.09. The highest BCUT2D eigenvalue weighted by Crippen LogP contribution is 2.41. The molecule has 0 amide bonds. The van der Waals surface area contributed by atoms with Crippen molar-refractivity contribution in [1.82, 2.24) is 34.5 Å². The Morgan fingerprint density at radius 1 is 0.333 bits per heavy atom. The van der Waals surface area contributed by atoms with E-state index in [9.17, 15) is 0 Å². The van der Waals surface area contributed by atoms with Crippen LogP contribution < -0.4 is 0 Å². The van der Waals surface area contributed by atoms with Crippen LogP contribution in [0.25, 0.3) is 95.8 Å². The normalized spacial score (nSPS) is 12.5. The molecule has 10 aromatic rings. The molecule has 3 aromatic heterocycles. The molecule has 84 heavy (non-hydrogen) atoms. The summed E-state index contributed by atoms with van der Waals surface area (Å²) in [5, 5.41) is 2.35. The van der Waals surface area contributed by atoms with Crippen LogP contribution in [0, 0.1) is 6.92 Å². The van der Waals surface area contributed by atoms with E-state index >= 15 is 0 Å². The van der Waals surface area contributed by atoms with Crippen LogP contribution in [0.1, 0.15) is 187 Å². The summed E-state index contributed by atoms with van der Waals surface area (Å²) in [4.78, 5) is 33.5. The highest BCUT2D eigenvalue weighted by atomic mass is 15.1. The topological polar surface area (TPSA) is 82.3 Å².